The molecule has 0 aliphatic heterocycles. The molecule has 0 radical (unpaired) electrons. The number of aliphatic hydroxyl groups is 1. The maximum Gasteiger partial charge on any atom is 0.0487 e. The van der Waals surface area contributed by atoms with Gasteiger partial charge in [-0.05, 0) is 31.6 Å². The van der Waals surface area contributed by atoms with Crippen molar-refractivity contribution in [2.75, 3.05) is 6.61 Å². The molecular weight excluding hydrogens is 124 g/mol. The molecule has 0 spiro atoms. The van der Waals surface area contributed by atoms with Crippen molar-refractivity contribution in [3.8, 4) is 0 Å². The third-order valence-corrected chi connectivity index (χ3v) is 2.33. The summed E-state index contributed by atoms with van der Waals surface area (Å²) in [4.78, 5) is 0. The van der Waals surface area contributed by atoms with E-state index in [0.29, 0.717) is 6.61 Å². The van der Waals surface area contributed by atoms with Gasteiger partial charge in [0, 0.05) is 6.61 Å². The van der Waals surface area contributed by atoms with Crippen molar-refractivity contribution < 1.29 is 5.11 Å². The van der Waals surface area contributed by atoms with E-state index in [1.807, 2.05) is 0 Å². The molecule has 0 fully saturated rings. The predicted molar refractivity (Wildman–Crippen MR) is 42.8 cm³/mol. The molecule has 1 N–H and O–H groups in total. The van der Waals surface area contributed by atoms with Crippen LogP contribution in [0, 0.1) is 5.41 Å². The van der Waals surface area contributed by atoms with Crippen LogP contribution >= 0.6 is 0 Å². The van der Waals surface area contributed by atoms with Gasteiger partial charge in [0.05, 0.1) is 0 Å². The molecule has 1 heteroatoms. The topological polar surface area (TPSA) is 20.2 Å². The Balaban J connectivity index is 2.60. The van der Waals surface area contributed by atoms with E-state index in [0.717, 1.165) is 19.3 Å². The van der Waals surface area contributed by atoms with Crippen molar-refractivity contribution in [2.45, 2.75) is 33.1 Å². The molecule has 10 heavy (non-hydrogen) atoms. The van der Waals surface area contributed by atoms with E-state index in [9.17, 15) is 0 Å². The van der Waals surface area contributed by atoms with Crippen molar-refractivity contribution in [1.29, 1.82) is 0 Å². The highest BCUT2D eigenvalue weighted by atomic mass is 16.3. The molecule has 0 aromatic heterocycles. The lowest BCUT2D eigenvalue weighted by molar-refractivity contribution is 0.128. The number of hydrogen-bond donors (Lipinski definition) is 1. The predicted octanol–water partition coefficient (Wildman–Crippen LogP) is 2.12. The van der Waals surface area contributed by atoms with E-state index in [-0.39, 0.29) is 5.41 Å². The highest BCUT2D eigenvalue weighted by Gasteiger charge is 2.25. The number of hydrogen-bond acceptors (Lipinski definition) is 1. The van der Waals surface area contributed by atoms with Crippen LogP contribution in [0.25, 0.3) is 0 Å². The van der Waals surface area contributed by atoms with E-state index in [2.05, 4.69) is 19.9 Å². The summed E-state index contributed by atoms with van der Waals surface area (Å²) >= 11 is 0. The van der Waals surface area contributed by atoms with Gasteiger partial charge < -0.3 is 5.11 Å². The highest BCUT2D eigenvalue weighted by molar-refractivity contribution is 5.06. The van der Waals surface area contributed by atoms with Crippen LogP contribution in [0.2, 0.25) is 0 Å². The first-order valence-corrected chi connectivity index (χ1v) is 3.93. The number of allylic oxidation sites excluding steroid dienone is 2. The minimum atomic E-state index is 0.179. The zero-order chi connectivity index (χ0) is 7.61. The summed E-state index contributed by atoms with van der Waals surface area (Å²) in [5.74, 6) is 0. The summed E-state index contributed by atoms with van der Waals surface area (Å²) in [5, 5.41) is 9.04. The summed E-state index contributed by atoms with van der Waals surface area (Å²) in [6.45, 7) is 4.63. The van der Waals surface area contributed by atoms with Crippen LogP contribution in [0.15, 0.2) is 11.6 Å². The summed E-state index contributed by atoms with van der Waals surface area (Å²) in [5.41, 5.74) is 1.61. The van der Waals surface area contributed by atoms with Crippen LogP contribution in [0.3, 0.4) is 0 Å². The zero-order valence-electron chi connectivity index (χ0n) is 6.85. The average molecular weight is 140 g/mol. The summed E-state index contributed by atoms with van der Waals surface area (Å²) in [7, 11) is 0. The first kappa shape index (κ1) is 7.80. The van der Waals surface area contributed by atoms with Gasteiger partial charge >= 0.3 is 0 Å². The first-order chi connectivity index (χ1) is 4.66. The second kappa shape index (κ2) is 2.75. The molecule has 0 aromatic rings. The fraction of sp³-hybridized carbons (Fsp3) is 0.778. The maximum atomic E-state index is 9.04. The molecule has 58 valence electrons. The van der Waals surface area contributed by atoms with Crippen LogP contribution in [-0.2, 0) is 0 Å². The van der Waals surface area contributed by atoms with Gasteiger partial charge in [-0.1, -0.05) is 18.6 Å². The van der Waals surface area contributed by atoms with Gasteiger partial charge in [0.2, 0.25) is 0 Å². The molecule has 1 atom stereocenters. The second-order valence-corrected chi connectivity index (χ2v) is 3.73. The Hall–Kier alpha value is -0.300. The molecule has 1 unspecified atom stereocenters. The van der Waals surface area contributed by atoms with Gasteiger partial charge in [-0.25, -0.2) is 0 Å². The standard InChI is InChI=1S/C9H16O/c1-8-4-3-5-9(2,6-8)7-10/h4,10H,3,5-7H2,1-2H3. The van der Waals surface area contributed by atoms with Crippen LogP contribution in [0.1, 0.15) is 33.1 Å². The lowest BCUT2D eigenvalue weighted by atomic mass is 9.77. The van der Waals surface area contributed by atoms with Gasteiger partial charge in [0.1, 0.15) is 0 Å². The molecule has 0 saturated carbocycles. The average Bonchev–Trinajstić information content (AvgIpc) is 1.88. The van der Waals surface area contributed by atoms with Crippen LogP contribution in [0.4, 0.5) is 0 Å². The Morgan fingerprint density at radius 3 is 2.80 bits per heavy atom. The van der Waals surface area contributed by atoms with Gasteiger partial charge in [0.25, 0.3) is 0 Å². The normalized spacial score (nSPS) is 33.7. The van der Waals surface area contributed by atoms with E-state index in [1.54, 1.807) is 0 Å². The molecule has 0 saturated heterocycles. The SMILES string of the molecule is CC1=CCCC(C)(CO)C1. The van der Waals surface area contributed by atoms with Gasteiger partial charge in [0.15, 0.2) is 0 Å². The monoisotopic (exact) mass is 140 g/mol. The van der Waals surface area contributed by atoms with Crippen molar-refractivity contribution in [3.05, 3.63) is 11.6 Å². The van der Waals surface area contributed by atoms with Crippen LogP contribution < -0.4 is 0 Å². The summed E-state index contributed by atoms with van der Waals surface area (Å²) < 4.78 is 0. The molecule has 0 bridgehead atoms. The molecule has 1 nitrogen and oxygen atoms in total. The van der Waals surface area contributed by atoms with E-state index in [1.165, 1.54) is 5.57 Å². The Bertz CT molecular complexity index is 149. The Labute approximate surface area is 62.8 Å². The molecule has 1 aliphatic carbocycles. The Kier molecular flexibility index (Phi) is 2.14. The lowest BCUT2D eigenvalue weighted by Crippen LogP contribution is -2.23. The fourth-order valence-electron chi connectivity index (χ4n) is 1.64. The molecule has 0 amide bonds. The van der Waals surface area contributed by atoms with Gasteiger partial charge in [-0.3, -0.25) is 0 Å². The quantitative estimate of drug-likeness (QED) is 0.553. The van der Waals surface area contributed by atoms with E-state index >= 15 is 0 Å². The molecule has 0 aromatic carbocycles. The Morgan fingerprint density at radius 2 is 2.40 bits per heavy atom. The van der Waals surface area contributed by atoms with Gasteiger partial charge in [-0.15, -0.1) is 0 Å². The van der Waals surface area contributed by atoms with Crippen LogP contribution in [-0.4, -0.2) is 11.7 Å². The van der Waals surface area contributed by atoms with Crippen LogP contribution in [0.5, 0.6) is 0 Å². The highest BCUT2D eigenvalue weighted by Crippen LogP contribution is 2.34. The zero-order valence-corrected chi connectivity index (χ0v) is 6.85. The first-order valence-electron chi connectivity index (χ1n) is 3.93. The summed E-state index contributed by atoms with van der Waals surface area (Å²) in [6, 6.07) is 0. The van der Waals surface area contributed by atoms with Crippen molar-refractivity contribution >= 4 is 0 Å². The minimum absolute atomic E-state index is 0.179. The maximum absolute atomic E-state index is 9.04. The summed E-state index contributed by atoms with van der Waals surface area (Å²) in [6.07, 6.45) is 5.63. The van der Waals surface area contributed by atoms with E-state index in [4.69, 9.17) is 5.11 Å². The molecule has 1 rings (SSSR count). The molecular formula is C9H16O. The minimum Gasteiger partial charge on any atom is -0.396 e. The molecule has 0 heterocycles. The van der Waals surface area contributed by atoms with Crippen molar-refractivity contribution in [1.82, 2.24) is 0 Å². The smallest absolute Gasteiger partial charge is 0.0487 e. The fourth-order valence-corrected chi connectivity index (χ4v) is 1.64. The van der Waals surface area contributed by atoms with E-state index < -0.39 is 0 Å². The van der Waals surface area contributed by atoms with Crippen molar-refractivity contribution in [3.63, 3.8) is 0 Å². The Morgan fingerprint density at radius 1 is 1.70 bits per heavy atom. The third kappa shape index (κ3) is 1.60. The number of aliphatic hydroxyl groups excluding tert-OH is 1. The van der Waals surface area contributed by atoms with Crippen molar-refractivity contribution in [2.24, 2.45) is 5.41 Å². The van der Waals surface area contributed by atoms with Gasteiger partial charge in [-0.2, -0.15) is 0 Å². The second-order valence-electron chi connectivity index (χ2n) is 3.73. The molecule has 1 aliphatic rings. The number of rotatable bonds is 1. The third-order valence-electron chi connectivity index (χ3n) is 2.33. The largest absolute Gasteiger partial charge is 0.396 e. The lowest BCUT2D eigenvalue weighted by Gasteiger charge is -2.30.